The van der Waals surface area contributed by atoms with Crippen molar-refractivity contribution in [2.24, 2.45) is 0 Å². The fourth-order valence-corrected chi connectivity index (χ4v) is 1.16. The number of unbranched alkanes of at least 4 members (excludes halogenated alkanes) is 1. The summed E-state index contributed by atoms with van der Waals surface area (Å²) in [5.74, 6) is 0.769. The van der Waals surface area contributed by atoms with Crippen molar-refractivity contribution in [1.82, 2.24) is 5.16 Å². The van der Waals surface area contributed by atoms with Gasteiger partial charge in [-0.15, -0.1) is 0 Å². The summed E-state index contributed by atoms with van der Waals surface area (Å²) in [6, 6.07) is 0. The molecule has 1 heterocycles. The molecule has 1 aromatic heterocycles. The highest BCUT2D eigenvalue weighted by Gasteiger charge is 2.10. The second-order valence-corrected chi connectivity index (χ2v) is 2.82. The smallest absolute Gasteiger partial charge is 0.172 e. The van der Waals surface area contributed by atoms with Crippen molar-refractivity contribution in [2.75, 3.05) is 0 Å². The lowest BCUT2D eigenvalue weighted by atomic mass is 10.1. The SMILES string of the molecule is CCCCc1c(C=O)noc1C. The highest BCUT2D eigenvalue weighted by Crippen LogP contribution is 2.14. The van der Waals surface area contributed by atoms with Crippen molar-refractivity contribution >= 4 is 6.29 Å². The third-order valence-electron chi connectivity index (χ3n) is 1.91. The molecule has 0 atom stereocenters. The van der Waals surface area contributed by atoms with E-state index in [9.17, 15) is 4.79 Å². The number of aldehydes is 1. The first-order chi connectivity index (χ1) is 5.79. The van der Waals surface area contributed by atoms with E-state index in [0.717, 1.165) is 36.9 Å². The van der Waals surface area contributed by atoms with Crippen LogP contribution in [0.1, 0.15) is 41.6 Å². The first-order valence-electron chi connectivity index (χ1n) is 4.20. The summed E-state index contributed by atoms with van der Waals surface area (Å²) >= 11 is 0. The predicted octanol–water partition coefficient (Wildman–Crippen LogP) is 2.14. The summed E-state index contributed by atoms with van der Waals surface area (Å²) in [6.45, 7) is 3.95. The molecule has 0 saturated heterocycles. The maximum Gasteiger partial charge on any atom is 0.172 e. The Bertz CT molecular complexity index is 265. The van der Waals surface area contributed by atoms with Crippen LogP contribution in [-0.2, 0) is 6.42 Å². The molecule has 0 fully saturated rings. The molecule has 0 amide bonds. The first-order valence-corrected chi connectivity index (χ1v) is 4.20. The topological polar surface area (TPSA) is 43.1 Å². The molecule has 0 saturated carbocycles. The number of aromatic nitrogens is 1. The van der Waals surface area contributed by atoms with Gasteiger partial charge in [0.15, 0.2) is 6.29 Å². The van der Waals surface area contributed by atoms with Crippen molar-refractivity contribution < 1.29 is 9.32 Å². The van der Waals surface area contributed by atoms with Gasteiger partial charge in [0.25, 0.3) is 0 Å². The number of carbonyl (C=O) groups is 1. The van der Waals surface area contributed by atoms with Crippen molar-refractivity contribution in [2.45, 2.75) is 33.1 Å². The van der Waals surface area contributed by atoms with Crippen molar-refractivity contribution in [3.05, 3.63) is 17.0 Å². The van der Waals surface area contributed by atoms with Gasteiger partial charge < -0.3 is 4.52 Å². The molecule has 0 aromatic carbocycles. The number of hydrogen-bond acceptors (Lipinski definition) is 3. The van der Waals surface area contributed by atoms with Crippen LogP contribution in [0, 0.1) is 6.92 Å². The van der Waals surface area contributed by atoms with E-state index in [1.807, 2.05) is 6.92 Å². The lowest BCUT2D eigenvalue weighted by molar-refractivity contribution is 0.111. The van der Waals surface area contributed by atoms with Gasteiger partial charge in [-0.2, -0.15) is 0 Å². The van der Waals surface area contributed by atoms with Crippen molar-refractivity contribution in [3.8, 4) is 0 Å². The molecule has 0 N–H and O–H groups in total. The van der Waals surface area contributed by atoms with E-state index in [1.165, 1.54) is 0 Å². The largest absolute Gasteiger partial charge is 0.361 e. The minimum atomic E-state index is 0.459. The summed E-state index contributed by atoms with van der Waals surface area (Å²) in [7, 11) is 0. The molecule has 0 aliphatic heterocycles. The summed E-state index contributed by atoms with van der Waals surface area (Å²) in [5.41, 5.74) is 1.42. The summed E-state index contributed by atoms with van der Waals surface area (Å²) in [6.07, 6.45) is 3.83. The third kappa shape index (κ3) is 1.72. The number of aryl methyl sites for hydroxylation is 1. The first kappa shape index (κ1) is 8.97. The van der Waals surface area contributed by atoms with Crippen LogP contribution in [0.4, 0.5) is 0 Å². The van der Waals surface area contributed by atoms with Gasteiger partial charge in [-0.3, -0.25) is 4.79 Å². The third-order valence-corrected chi connectivity index (χ3v) is 1.91. The molecular formula is C9H13NO2. The zero-order valence-electron chi connectivity index (χ0n) is 7.46. The van der Waals surface area contributed by atoms with Crippen LogP contribution in [-0.4, -0.2) is 11.4 Å². The Morgan fingerprint density at radius 3 is 2.92 bits per heavy atom. The number of carbonyl (C=O) groups excluding carboxylic acids is 1. The lowest BCUT2D eigenvalue weighted by Crippen LogP contribution is -1.91. The van der Waals surface area contributed by atoms with Crippen LogP contribution in [0.15, 0.2) is 4.52 Å². The van der Waals surface area contributed by atoms with E-state index in [0.29, 0.717) is 5.69 Å². The summed E-state index contributed by atoms with van der Waals surface area (Å²) < 4.78 is 4.90. The van der Waals surface area contributed by atoms with Gasteiger partial charge in [-0.05, 0) is 19.8 Å². The Hall–Kier alpha value is -1.12. The fraction of sp³-hybridized carbons (Fsp3) is 0.556. The van der Waals surface area contributed by atoms with Gasteiger partial charge in [-0.1, -0.05) is 18.5 Å². The fourth-order valence-electron chi connectivity index (χ4n) is 1.16. The van der Waals surface area contributed by atoms with Crippen LogP contribution in [0.3, 0.4) is 0 Å². The van der Waals surface area contributed by atoms with Crippen LogP contribution >= 0.6 is 0 Å². The molecule has 0 bridgehead atoms. The molecule has 66 valence electrons. The molecule has 12 heavy (non-hydrogen) atoms. The Morgan fingerprint density at radius 2 is 2.33 bits per heavy atom. The standard InChI is InChI=1S/C9H13NO2/c1-3-4-5-8-7(2)12-10-9(8)6-11/h6H,3-5H2,1-2H3. The molecular weight excluding hydrogens is 154 g/mol. The lowest BCUT2D eigenvalue weighted by Gasteiger charge is -1.95. The molecule has 0 aliphatic rings. The highest BCUT2D eigenvalue weighted by atomic mass is 16.5. The molecule has 1 rings (SSSR count). The monoisotopic (exact) mass is 167 g/mol. The molecule has 3 nitrogen and oxygen atoms in total. The van der Waals surface area contributed by atoms with Gasteiger partial charge in [0.2, 0.25) is 0 Å². The van der Waals surface area contributed by atoms with E-state index in [2.05, 4.69) is 12.1 Å². The predicted molar refractivity (Wildman–Crippen MR) is 45.2 cm³/mol. The van der Waals surface area contributed by atoms with Gasteiger partial charge in [0.1, 0.15) is 11.5 Å². The molecule has 0 aliphatic carbocycles. The molecule has 0 unspecified atom stereocenters. The zero-order chi connectivity index (χ0) is 8.97. The Labute approximate surface area is 71.7 Å². The van der Waals surface area contributed by atoms with Crippen LogP contribution in [0.5, 0.6) is 0 Å². The average molecular weight is 167 g/mol. The molecule has 0 spiro atoms. The Kier molecular flexibility index (Phi) is 3.02. The van der Waals surface area contributed by atoms with E-state index < -0.39 is 0 Å². The highest BCUT2D eigenvalue weighted by molar-refractivity contribution is 5.74. The number of rotatable bonds is 4. The summed E-state index contributed by atoms with van der Waals surface area (Å²) in [5, 5.41) is 3.64. The quantitative estimate of drug-likeness (QED) is 0.645. The van der Waals surface area contributed by atoms with Gasteiger partial charge in [0.05, 0.1) is 0 Å². The zero-order valence-corrected chi connectivity index (χ0v) is 7.46. The maximum atomic E-state index is 10.5. The minimum absolute atomic E-state index is 0.459. The Morgan fingerprint density at radius 1 is 1.58 bits per heavy atom. The van der Waals surface area contributed by atoms with E-state index in [-0.39, 0.29) is 0 Å². The van der Waals surface area contributed by atoms with E-state index in [1.54, 1.807) is 0 Å². The van der Waals surface area contributed by atoms with Crippen LogP contribution in [0.25, 0.3) is 0 Å². The second-order valence-electron chi connectivity index (χ2n) is 2.82. The van der Waals surface area contributed by atoms with Crippen molar-refractivity contribution in [3.63, 3.8) is 0 Å². The van der Waals surface area contributed by atoms with E-state index in [4.69, 9.17) is 4.52 Å². The minimum Gasteiger partial charge on any atom is -0.361 e. The average Bonchev–Trinajstić information content (AvgIpc) is 2.43. The number of hydrogen-bond donors (Lipinski definition) is 0. The molecule has 3 heteroatoms. The van der Waals surface area contributed by atoms with Crippen molar-refractivity contribution in [1.29, 1.82) is 0 Å². The number of nitrogens with zero attached hydrogens (tertiary/aromatic N) is 1. The normalized spacial score (nSPS) is 10.2. The molecule has 1 aromatic rings. The summed E-state index contributed by atoms with van der Waals surface area (Å²) in [4.78, 5) is 10.5. The van der Waals surface area contributed by atoms with Crippen LogP contribution in [0.2, 0.25) is 0 Å². The van der Waals surface area contributed by atoms with Gasteiger partial charge in [-0.25, -0.2) is 0 Å². The maximum absolute atomic E-state index is 10.5. The van der Waals surface area contributed by atoms with Gasteiger partial charge in [0, 0.05) is 5.56 Å². The van der Waals surface area contributed by atoms with E-state index >= 15 is 0 Å². The van der Waals surface area contributed by atoms with Gasteiger partial charge >= 0.3 is 0 Å². The Balaban J connectivity index is 2.79. The molecule has 0 radical (unpaired) electrons. The van der Waals surface area contributed by atoms with Crippen LogP contribution < -0.4 is 0 Å². The second kappa shape index (κ2) is 4.04.